The molecular formula is C17H11ClF9O2P. The van der Waals surface area contributed by atoms with Crippen LogP contribution in [0.25, 0.3) is 0 Å². The largest absolute Gasteiger partial charge is 0.460 e. The first-order chi connectivity index (χ1) is 13.6. The molecule has 2 atom stereocenters. The molecule has 30 heavy (non-hydrogen) atoms. The first-order valence-corrected chi connectivity index (χ1v) is 10.4. The van der Waals surface area contributed by atoms with Crippen molar-refractivity contribution in [3.63, 3.8) is 0 Å². The molecule has 0 heterocycles. The first kappa shape index (κ1) is 24.6. The summed E-state index contributed by atoms with van der Waals surface area (Å²) in [5.41, 5.74) is -0.947. The molecule has 0 aliphatic carbocycles. The van der Waals surface area contributed by atoms with Gasteiger partial charge in [-0.1, -0.05) is 48.5 Å². The van der Waals surface area contributed by atoms with Crippen molar-refractivity contribution in [2.75, 3.05) is 0 Å². The van der Waals surface area contributed by atoms with Crippen LogP contribution < -0.4 is 5.30 Å². The maximum atomic E-state index is 14.6. The highest BCUT2D eigenvalue weighted by Crippen LogP contribution is 2.62. The van der Waals surface area contributed by atoms with E-state index in [1.807, 2.05) is 0 Å². The predicted octanol–water partition coefficient (Wildman–Crippen LogP) is 6.97. The Hall–Kier alpha value is -1.71. The zero-order chi connectivity index (χ0) is 23.0. The second-order valence-corrected chi connectivity index (χ2v) is 9.00. The van der Waals surface area contributed by atoms with Crippen LogP contribution in [0.4, 0.5) is 39.5 Å². The lowest BCUT2D eigenvalue weighted by molar-refractivity contribution is -0.405. The Morgan fingerprint density at radius 2 is 1.17 bits per heavy atom. The van der Waals surface area contributed by atoms with Crippen molar-refractivity contribution in [1.29, 1.82) is 0 Å². The van der Waals surface area contributed by atoms with Gasteiger partial charge in [-0.2, -0.15) is 39.5 Å². The van der Waals surface area contributed by atoms with Gasteiger partial charge in [-0.05, 0) is 28.9 Å². The number of rotatable bonds is 7. The van der Waals surface area contributed by atoms with Crippen molar-refractivity contribution in [3.8, 4) is 0 Å². The summed E-state index contributed by atoms with van der Waals surface area (Å²) in [6, 6.07) is 10.5. The van der Waals surface area contributed by atoms with E-state index < -0.39 is 47.6 Å². The fraction of sp³-hybridized carbons (Fsp3) is 0.294. The Morgan fingerprint density at radius 1 is 0.733 bits per heavy atom. The molecule has 0 spiro atoms. The van der Waals surface area contributed by atoms with Gasteiger partial charge in [-0.3, -0.25) is 9.09 Å². The van der Waals surface area contributed by atoms with Crippen molar-refractivity contribution in [1.82, 2.24) is 0 Å². The summed E-state index contributed by atoms with van der Waals surface area (Å²) in [7, 11) is 0. The summed E-state index contributed by atoms with van der Waals surface area (Å²) in [5.74, 6) is -20.3. The molecule has 0 radical (unpaired) electrons. The van der Waals surface area contributed by atoms with Crippen LogP contribution in [0.5, 0.6) is 0 Å². The third-order valence-corrected chi connectivity index (χ3v) is 6.13. The van der Waals surface area contributed by atoms with E-state index >= 15 is 0 Å². The molecule has 0 amide bonds. The molecule has 2 rings (SSSR count). The average molecular weight is 485 g/mol. The van der Waals surface area contributed by atoms with Crippen molar-refractivity contribution >= 4 is 23.3 Å². The smallest absolute Gasteiger partial charge is 0.299 e. The normalized spacial score (nSPS) is 16.7. The highest BCUT2D eigenvalue weighted by molar-refractivity contribution is 7.91. The molecule has 0 saturated carbocycles. The maximum absolute atomic E-state index is 14.6. The zero-order valence-electron chi connectivity index (χ0n) is 14.4. The van der Waals surface area contributed by atoms with Gasteiger partial charge >= 0.3 is 30.7 Å². The second kappa shape index (κ2) is 8.09. The molecule has 13 heteroatoms. The van der Waals surface area contributed by atoms with Crippen molar-refractivity contribution in [2.45, 2.75) is 30.0 Å². The molecule has 0 N–H and O–H groups in total. The number of halogens is 10. The van der Waals surface area contributed by atoms with E-state index in [0.29, 0.717) is 12.1 Å². The lowest BCUT2D eigenvalue weighted by Crippen LogP contribution is -2.62. The summed E-state index contributed by atoms with van der Waals surface area (Å²) in [5, 5.41) is -0.464. The molecule has 0 bridgehead atoms. The quantitative estimate of drug-likeness (QED) is 0.313. The molecule has 2 aromatic rings. The van der Waals surface area contributed by atoms with E-state index in [1.165, 1.54) is 24.3 Å². The molecule has 2 nitrogen and oxygen atoms in total. The third-order valence-electron chi connectivity index (χ3n) is 3.91. The molecule has 0 aromatic heterocycles. The molecule has 2 unspecified atom stereocenters. The van der Waals surface area contributed by atoms with Crippen molar-refractivity contribution in [3.05, 3.63) is 66.2 Å². The molecular weight excluding hydrogens is 474 g/mol. The van der Waals surface area contributed by atoms with Gasteiger partial charge in [0.05, 0.1) is 5.30 Å². The topological polar surface area (TPSA) is 26.3 Å². The highest BCUT2D eigenvalue weighted by atomic mass is 35.7. The summed E-state index contributed by atoms with van der Waals surface area (Å²) < 4.78 is 138. The van der Waals surface area contributed by atoms with Gasteiger partial charge in [0, 0.05) is 0 Å². The zero-order valence-corrected chi connectivity index (χ0v) is 16.0. The Bertz CT molecular complexity index is 904. The van der Waals surface area contributed by atoms with Crippen LogP contribution in [0.3, 0.4) is 0 Å². The lowest BCUT2D eigenvalue weighted by atomic mass is 9.94. The van der Waals surface area contributed by atoms with E-state index in [-0.39, 0.29) is 0 Å². The van der Waals surface area contributed by atoms with Gasteiger partial charge in [-0.25, -0.2) is 0 Å². The second-order valence-electron chi connectivity index (χ2n) is 5.98. The van der Waals surface area contributed by atoms with E-state index in [0.717, 1.165) is 24.3 Å². The number of alkyl halides is 9. The molecule has 0 aliphatic heterocycles. The van der Waals surface area contributed by atoms with Crippen LogP contribution in [0, 0.1) is 0 Å². The van der Waals surface area contributed by atoms with Crippen LogP contribution in [0.2, 0.25) is 0 Å². The van der Waals surface area contributed by atoms with E-state index in [9.17, 15) is 44.1 Å². The van der Waals surface area contributed by atoms with Gasteiger partial charge in [0.2, 0.25) is 0 Å². The van der Waals surface area contributed by atoms with Crippen LogP contribution in [0.1, 0.15) is 11.7 Å². The van der Waals surface area contributed by atoms with Crippen molar-refractivity contribution in [2.24, 2.45) is 0 Å². The molecule has 0 aliphatic rings. The summed E-state index contributed by atoms with van der Waals surface area (Å²) in [6.45, 7) is -4.89. The number of hydrogen-bond donors (Lipinski definition) is 0. The summed E-state index contributed by atoms with van der Waals surface area (Å²) >= 11 is 5.61. The molecule has 0 saturated heterocycles. The SMILES string of the molecule is O=P(Cl)(OC(c1ccccc1)C(F)(F)C(F)(F)C(F)(F)C(F)(F)F)c1ccccc1. The fourth-order valence-corrected chi connectivity index (χ4v) is 4.07. The predicted molar refractivity (Wildman–Crippen MR) is 90.7 cm³/mol. The maximum Gasteiger partial charge on any atom is 0.460 e. The minimum absolute atomic E-state index is 0.464. The Labute approximate surface area is 168 Å². The standard InChI is InChI=1S/C17H11ClF9O2P/c18-30(28,12-9-5-2-6-10-12)29-13(11-7-3-1-4-8-11)14(19,20)15(21,22)16(23,24)17(25,26)27/h1-10,13H. The van der Waals surface area contributed by atoms with Crippen LogP contribution in [-0.4, -0.2) is 23.9 Å². The minimum atomic E-state index is -7.14. The summed E-state index contributed by atoms with van der Waals surface area (Å²) in [6.07, 6.45) is -10.5. The monoisotopic (exact) mass is 484 g/mol. The van der Waals surface area contributed by atoms with Crippen LogP contribution >= 0.6 is 18.0 Å². The van der Waals surface area contributed by atoms with Gasteiger partial charge < -0.3 is 0 Å². The molecule has 2 aromatic carbocycles. The van der Waals surface area contributed by atoms with Gasteiger partial charge in [0.25, 0.3) is 0 Å². The highest BCUT2D eigenvalue weighted by Gasteiger charge is 2.83. The Balaban J connectivity index is 2.61. The number of benzene rings is 2. The van der Waals surface area contributed by atoms with Gasteiger partial charge in [-0.15, -0.1) is 0 Å². The van der Waals surface area contributed by atoms with Crippen LogP contribution in [0.15, 0.2) is 60.7 Å². The molecule has 0 fully saturated rings. The van der Waals surface area contributed by atoms with Gasteiger partial charge in [0.1, 0.15) is 0 Å². The first-order valence-electron chi connectivity index (χ1n) is 7.84. The van der Waals surface area contributed by atoms with E-state index in [4.69, 9.17) is 11.2 Å². The van der Waals surface area contributed by atoms with E-state index in [1.54, 1.807) is 0 Å². The minimum Gasteiger partial charge on any atom is -0.299 e. The van der Waals surface area contributed by atoms with Gasteiger partial charge in [0.15, 0.2) is 6.10 Å². The Kier molecular flexibility index (Phi) is 6.62. The summed E-state index contributed by atoms with van der Waals surface area (Å²) in [4.78, 5) is 0. The number of hydrogen-bond acceptors (Lipinski definition) is 2. The fourth-order valence-electron chi connectivity index (χ4n) is 2.32. The third kappa shape index (κ3) is 4.33. The van der Waals surface area contributed by atoms with Crippen molar-refractivity contribution < 1.29 is 48.6 Å². The van der Waals surface area contributed by atoms with E-state index in [2.05, 4.69) is 4.52 Å². The average Bonchev–Trinajstić information content (AvgIpc) is 2.66. The lowest BCUT2D eigenvalue weighted by Gasteiger charge is -2.38. The van der Waals surface area contributed by atoms with Crippen LogP contribution in [-0.2, 0) is 9.09 Å². The Morgan fingerprint density at radius 3 is 1.60 bits per heavy atom. The molecule has 166 valence electrons.